The van der Waals surface area contributed by atoms with Gasteiger partial charge in [0.15, 0.2) is 0 Å². The van der Waals surface area contributed by atoms with Crippen LogP contribution in [0.1, 0.15) is 6.42 Å². The van der Waals surface area contributed by atoms with Crippen molar-refractivity contribution < 1.29 is 18.8 Å². The van der Waals surface area contributed by atoms with Crippen LogP contribution in [0, 0.1) is 5.82 Å². The highest BCUT2D eigenvalue weighted by Crippen LogP contribution is 2.22. The molecule has 4 amide bonds. The average Bonchev–Trinajstić information content (AvgIpc) is 2.96. The van der Waals surface area contributed by atoms with Gasteiger partial charge >= 0.3 is 6.03 Å². The Morgan fingerprint density at radius 2 is 1.83 bits per heavy atom. The van der Waals surface area contributed by atoms with Gasteiger partial charge in [-0.1, -0.05) is 0 Å². The first-order chi connectivity index (χ1) is 11.6. The minimum absolute atomic E-state index is 0.0994. The maximum absolute atomic E-state index is 13.0. The number of urea groups is 1. The standard InChI is InChI=1S/C16H19FN4O3/c17-12-1-3-14(4-2-12)21-10-13(9-15(21)23)18-16(24)20-7-5-19(11-22)6-8-20/h1-4,11,13H,5-10H2,(H,18,24)/t13-/m1/s1. The molecule has 0 radical (unpaired) electrons. The Morgan fingerprint density at radius 3 is 2.46 bits per heavy atom. The Hall–Kier alpha value is -2.64. The van der Waals surface area contributed by atoms with Gasteiger partial charge in [0.05, 0.1) is 6.04 Å². The second-order valence-electron chi connectivity index (χ2n) is 5.96. The van der Waals surface area contributed by atoms with Crippen LogP contribution in [0.15, 0.2) is 24.3 Å². The number of nitrogens with one attached hydrogen (secondary N) is 1. The zero-order valence-electron chi connectivity index (χ0n) is 13.2. The summed E-state index contributed by atoms with van der Waals surface area (Å²) in [5.74, 6) is -0.456. The fourth-order valence-corrected chi connectivity index (χ4v) is 2.97. The van der Waals surface area contributed by atoms with E-state index in [4.69, 9.17) is 0 Å². The summed E-state index contributed by atoms with van der Waals surface area (Å²) in [6, 6.07) is 5.22. The highest BCUT2D eigenvalue weighted by Gasteiger charge is 2.33. The number of hydrogen-bond acceptors (Lipinski definition) is 3. The van der Waals surface area contributed by atoms with Crippen LogP contribution in [0.3, 0.4) is 0 Å². The lowest BCUT2D eigenvalue weighted by Gasteiger charge is -2.33. The number of rotatable bonds is 3. The monoisotopic (exact) mass is 334 g/mol. The number of halogens is 1. The first kappa shape index (κ1) is 16.2. The Balaban J connectivity index is 1.55. The van der Waals surface area contributed by atoms with Gasteiger partial charge in [0.25, 0.3) is 0 Å². The van der Waals surface area contributed by atoms with E-state index in [1.807, 2.05) is 0 Å². The summed E-state index contributed by atoms with van der Waals surface area (Å²) in [4.78, 5) is 39.9. The van der Waals surface area contributed by atoms with E-state index in [-0.39, 0.29) is 30.2 Å². The van der Waals surface area contributed by atoms with Crippen LogP contribution in [-0.2, 0) is 9.59 Å². The molecular weight excluding hydrogens is 315 g/mol. The lowest BCUT2D eigenvalue weighted by molar-refractivity contribution is -0.119. The van der Waals surface area contributed by atoms with Crippen molar-refractivity contribution in [3.05, 3.63) is 30.1 Å². The summed E-state index contributed by atoms with van der Waals surface area (Å²) < 4.78 is 13.0. The molecule has 1 aromatic rings. The van der Waals surface area contributed by atoms with Gasteiger partial charge in [0.1, 0.15) is 5.82 Å². The molecule has 8 heteroatoms. The number of piperazine rings is 1. The molecule has 0 unspecified atom stereocenters. The third kappa shape index (κ3) is 3.47. The quantitative estimate of drug-likeness (QED) is 0.814. The number of nitrogens with zero attached hydrogens (tertiary/aromatic N) is 3. The van der Waals surface area contributed by atoms with Gasteiger partial charge in [-0.25, -0.2) is 9.18 Å². The minimum Gasteiger partial charge on any atom is -0.342 e. The highest BCUT2D eigenvalue weighted by atomic mass is 19.1. The summed E-state index contributed by atoms with van der Waals surface area (Å²) in [7, 11) is 0. The van der Waals surface area contributed by atoms with Gasteiger partial charge < -0.3 is 20.0 Å². The highest BCUT2D eigenvalue weighted by molar-refractivity contribution is 5.96. The maximum Gasteiger partial charge on any atom is 0.317 e. The SMILES string of the molecule is O=CN1CCN(C(=O)N[C@@H]2CC(=O)N(c3ccc(F)cc3)C2)CC1. The molecule has 0 saturated carbocycles. The van der Waals surface area contributed by atoms with Crippen molar-refractivity contribution in [1.82, 2.24) is 15.1 Å². The van der Waals surface area contributed by atoms with Crippen molar-refractivity contribution in [1.29, 1.82) is 0 Å². The van der Waals surface area contributed by atoms with Crippen molar-refractivity contribution in [3.8, 4) is 0 Å². The van der Waals surface area contributed by atoms with Crippen LogP contribution in [0.2, 0.25) is 0 Å². The van der Waals surface area contributed by atoms with E-state index >= 15 is 0 Å². The molecule has 1 aromatic carbocycles. The van der Waals surface area contributed by atoms with E-state index in [9.17, 15) is 18.8 Å². The molecule has 2 heterocycles. The zero-order valence-corrected chi connectivity index (χ0v) is 13.2. The average molecular weight is 334 g/mol. The fourth-order valence-electron chi connectivity index (χ4n) is 2.97. The van der Waals surface area contributed by atoms with E-state index in [0.29, 0.717) is 38.4 Å². The zero-order chi connectivity index (χ0) is 17.1. The number of amides is 4. The topological polar surface area (TPSA) is 73.0 Å². The molecule has 3 rings (SSSR count). The van der Waals surface area contributed by atoms with E-state index < -0.39 is 0 Å². The van der Waals surface area contributed by atoms with E-state index in [2.05, 4.69) is 5.32 Å². The summed E-state index contributed by atoms with van der Waals surface area (Å²) in [6.45, 7) is 2.36. The van der Waals surface area contributed by atoms with Crippen molar-refractivity contribution in [2.45, 2.75) is 12.5 Å². The fraction of sp³-hybridized carbons (Fsp3) is 0.438. The molecule has 24 heavy (non-hydrogen) atoms. The number of hydrogen-bond donors (Lipinski definition) is 1. The predicted molar refractivity (Wildman–Crippen MR) is 84.9 cm³/mol. The van der Waals surface area contributed by atoms with Gasteiger partial charge in [0, 0.05) is 44.8 Å². The molecule has 128 valence electrons. The van der Waals surface area contributed by atoms with Crippen LogP contribution in [0.25, 0.3) is 0 Å². The normalized spacial score (nSPS) is 21.1. The third-order valence-electron chi connectivity index (χ3n) is 4.34. The van der Waals surface area contributed by atoms with Gasteiger partial charge in [-0.15, -0.1) is 0 Å². The lowest BCUT2D eigenvalue weighted by atomic mass is 10.2. The third-order valence-corrected chi connectivity index (χ3v) is 4.34. The Labute approximate surface area is 139 Å². The van der Waals surface area contributed by atoms with Crippen molar-refractivity contribution >= 4 is 24.0 Å². The van der Waals surface area contributed by atoms with Gasteiger partial charge in [0.2, 0.25) is 12.3 Å². The Morgan fingerprint density at radius 1 is 1.17 bits per heavy atom. The second kappa shape index (κ2) is 6.86. The van der Waals surface area contributed by atoms with E-state index in [0.717, 1.165) is 6.41 Å². The molecular formula is C16H19FN4O3. The lowest BCUT2D eigenvalue weighted by Crippen LogP contribution is -2.53. The van der Waals surface area contributed by atoms with Crippen molar-refractivity contribution in [2.24, 2.45) is 0 Å². The molecule has 0 aromatic heterocycles. The smallest absolute Gasteiger partial charge is 0.317 e. The van der Waals surface area contributed by atoms with E-state index in [1.54, 1.807) is 26.8 Å². The Bertz CT molecular complexity index is 629. The predicted octanol–water partition coefficient (Wildman–Crippen LogP) is 0.415. The van der Waals surface area contributed by atoms with Crippen LogP contribution >= 0.6 is 0 Å². The molecule has 0 aliphatic carbocycles. The largest absolute Gasteiger partial charge is 0.342 e. The summed E-state index contributed by atoms with van der Waals surface area (Å²) in [6.07, 6.45) is 1.00. The summed E-state index contributed by atoms with van der Waals surface area (Å²) in [5.41, 5.74) is 0.623. The number of benzene rings is 1. The number of anilines is 1. The van der Waals surface area contributed by atoms with Gasteiger partial charge in [-0.05, 0) is 24.3 Å². The van der Waals surface area contributed by atoms with Crippen molar-refractivity contribution in [3.63, 3.8) is 0 Å². The second-order valence-corrected chi connectivity index (χ2v) is 5.96. The van der Waals surface area contributed by atoms with E-state index in [1.165, 1.54) is 12.1 Å². The van der Waals surface area contributed by atoms with Gasteiger partial charge in [-0.2, -0.15) is 0 Å². The van der Waals surface area contributed by atoms with Crippen molar-refractivity contribution in [2.75, 3.05) is 37.6 Å². The van der Waals surface area contributed by atoms with Crippen LogP contribution in [0.5, 0.6) is 0 Å². The number of carbonyl (C=O) groups excluding carboxylic acids is 3. The molecule has 2 fully saturated rings. The summed E-state index contributed by atoms with van der Waals surface area (Å²) in [5, 5.41) is 2.87. The Kier molecular flexibility index (Phi) is 4.64. The summed E-state index contributed by atoms with van der Waals surface area (Å²) >= 11 is 0. The van der Waals surface area contributed by atoms with Crippen LogP contribution in [-0.4, -0.2) is 66.9 Å². The van der Waals surface area contributed by atoms with Crippen LogP contribution < -0.4 is 10.2 Å². The first-order valence-electron chi connectivity index (χ1n) is 7.87. The maximum atomic E-state index is 13.0. The molecule has 1 atom stereocenters. The van der Waals surface area contributed by atoms with Crippen LogP contribution in [0.4, 0.5) is 14.9 Å². The first-order valence-corrected chi connectivity index (χ1v) is 7.87. The molecule has 0 bridgehead atoms. The molecule has 2 aliphatic rings. The number of carbonyl (C=O) groups is 3. The molecule has 2 saturated heterocycles. The molecule has 2 aliphatic heterocycles. The molecule has 0 spiro atoms. The minimum atomic E-state index is -0.357. The molecule has 1 N–H and O–H groups in total. The molecule has 7 nitrogen and oxygen atoms in total. The van der Waals surface area contributed by atoms with Gasteiger partial charge in [-0.3, -0.25) is 9.59 Å².